The third-order valence-electron chi connectivity index (χ3n) is 4.87. The first-order valence-corrected chi connectivity index (χ1v) is 9.84. The van der Waals surface area contributed by atoms with Gasteiger partial charge in [-0.05, 0) is 50.5 Å². The maximum Gasteiger partial charge on any atom is 0.226 e. The Morgan fingerprint density at radius 1 is 1.21 bits per heavy atom. The summed E-state index contributed by atoms with van der Waals surface area (Å²) in [5, 5.41) is 19.0. The number of hydrogen-bond donors (Lipinski definition) is 2. The van der Waals surface area contributed by atoms with Gasteiger partial charge in [0, 0.05) is 29.4 Å². The molecule has 0 unspecified atom stereocenters. The minimum atomic E-state index is -0.116. The fourth-order valence-corrected chi connectivity index (χ4v) is 3.04. The highest BCUT2D eigenvalue weighted by atomic mass is 16.2. The zero-order chi connectivity index (χ0) is 21.6. The van der Waals surface area contributed by atoms with Crippen LogP contribution in [0.4, 0.5) is 11.4 Å². The molecule has 0 fully saturated rings. The minimum absolute atomic E-state index is 0.0644. The van der Waals surface area contributed by atoms with E-state index < -0.39 is 0 Å². The van der Waals surface area contributed by atoms with Gasteiger partial charge in [-0.15, -0.1) is 0 Å². The average molecular weight is 396 g/mol. The number of aryl methyl sites for hydroxylation is 3. The van der Waals surface area contributed by atoms with Crippen molar-refractivity contribution in [3.05, 3.63) is 40.7 Å². The van der Waals surface area contributed by atoms with E-state index in [0.29, 0.717) is 37.2 Å². The van der Waals surface area contributed by atoms with Crippen LogP contribution < -0.4 is 10.6 Å². The molecule has 2 amide bonds. The van der Waals surface area contributed by atoms with E-state index in [4.69, 9.17) is 5.26 Å². The van der Waals surface area contributed by atoms with Crippen molar-refractivity contribution in [2.24, 2.45) is 5.92 Å². The summed E-state index contributed by atoms with van der Waals surface area (Å²) in [5.74, 6) is -0.274. The van der Waals surface area contributed by atoms with Crippen LogP contribution in [0.25, 0.3) is 0 Å². The van der Waals surface area contributed by atoms with Gasteiger partial charge in [-0.1, -0.05) is 19.9 Å². The zero-order valence-electron chi connectivity index (χ0n) is 17.8. The Labute approximate surface area is 172 Å². The number of hydrogen-bond acceptors (Lipinski definition) is 4. The van der Waals surface area contributed by atoms with Crippen LogP contribution in [0.1, 0.15) is 49.2 Å². The maximum atomic E-state index is 12.5. The second-order valence-corrected chi connectivity index (χ2v) is 7.50. The van der Waals surface area contributed by atoms with Crippen LogP contribution in [-0.4, -0.2) is 21.6 Å². The Hall–Kier alpha value is -3.14. The summed E-state index contributed by atoms with van der Waals surface area (Å²) in [6, 6.07) is 7.61. The first-order valence-electron chi connectivity index (χ1n) is 9.84. The number of carbonyl (C=O) groups excluding carboxylic acids is 2. The third kappa shape index (κ3) is 5.92. The number of rotatable bonds is 8. The van der Waals surface area contributed by atoms with Crippen molar-refractivity contribution in [1.82, 2.24) is 9.78 Å². The highest BCUT2D eigenvalue weighted by Crippen LogP contribution is 2.22. The monoisotopic (exact) mass is 395 g/mol. The van der Waals surface area contributed by atoms with Crippen LogP contribution in [0, 0.1) is 38.0 Å². The van der Waals surface area contributed by atoms with E-state index in [2.05, 4.69) is 21.8 Å². The molecule has 0 saturated heterocycles. The van der Waals surface area contributed by atoms with E-state index in [1.807, 2.05) is 51.4 Å². The molecule has 29 heavy (non-hydrogen) atoms. The van der Waals surface area contributed by atoms with Crippen molar-refractivity contribution in [1.29, 1.82) is 5.26 Å². The van der Waals surface area contributed by atoms with Crippen LogP contribution in [0.2, 0.25) is 0 Å². The Kier molecular flexibility index (Phi) is 7.54. The molecule has 7 nitrogen and oxygen atoms in total. The van der Waals surface area contributed by atoms with Crippen molar-refractivity contribution in [3.8, 4) is 6.07 Å². The van der Waals surface area contributed by atoms with E-state index in [9.17, 15) is 9.59 Å². The van der Waals surface area contributed by atoms with Crippen molar-refractivity contribution in [3.63, 3.8) is 0 Å². The summed E-state index contributed by atoms with van der Waals surface area (Å²) in [6.45, 7) is 10.0. The van der Waals surface area contributed by atoms with Crippen molar-refractivity contribution in [2.45, 2.75) is 60.4 Å². The summed E-state index contributed by atoms with van der Waals surface area (Å²) in [7, 11) is 0. The number of amides is 2. The fourth-order valence-electron chi connectivity index (χ4n) is 3.04. The minimum Gasteiger partial charge on any atom is -0.326 e. The lowest BCUT2D eigenvalue weighted by molar-refractivity contribution is -0.119. The molecule has 2 aromatic rings. The second-order valence-electron chi connectivity index (χ2n) is 7.50. The van der Waals surface area contributed by atoms with Gasteiger partial charge in [0.2, 0.25) is 11.8 Å². The molecule has 1 aromatic heterocycles. The maximum absolute atomic E-state index is 12.5. The van der Waals surface area contributed by atoms with E-state index >= 15 is 0 Å². The van der Waals surface area contributed by atoms with Gasteiger partial charge in [-0.3, -0.25) is 14.3 Å². The van der Waals surface area contributed by atoms with Crippen LogP contribution >= 0.6 is 0 Å². The highest BCUT2D eigenvalue weighted by Gasteiger charge is 2.14. The standard InChI is InChI=1S/C22H29N5O2/c1-14(2)22(29)24-18-8-7-15(3)20(13-18)25-21(28)10-9-19-16(4)26-27(17(19)5)12-6-11-23/h7-8,13-14H,6,9-10,12H2,1-5H3,(H,24,29)(H,25,28). The average Bonchev–Trinajstić information content (AvgIpc) is 2.94. The van der Waals surface area contributed by atoms with Gasteiger partial charge in [0.15, 0.2) is 0 Å². The molecule has 1 heterocycles. The van der Waals surface area contributed by atoms with Gasteiger partial charge in [-0.2, -0.15) is 10.4 Å². The first kappa shape index (κ1) is 22.2. The smallest absolute Gasteiger partial charge is 0.226 e. The van der Waals surface area contributed by atoms with Crippen LogP contribution in [0.3, 0.4) is 0 Å². The van der Waals surface area contributed by atoms with Crippen LogP contribution in [0.15, 0.2) is 18.2 Å². The molecule has 2 rings (SSSR count). The molecule has 2 N–H and O–H groups in total. The molecular formula is C22H29N5O2. The second kappa shape index (κ2) is 9.87. The molecule has 1 aromatic carbocycles. The molecular weight excluding hydrogens is 366 g/mol. The normalized spacial score (nSPS) is 10.7. The predicted molar refractivity (Wildman–Crippen MR) is 114 cm³/mol. The molecule has 0 aliphatic carbocycles. The van der Waals surface area contributed by atoms with Gasteiger partial charge in [0.1, 0.15) is 0 Å². The molecule has 7 heteroatoms. The SMILES string of the molecule is Cc1ccc(NC(=O)C(C)C)cc1NC(=O)CCc1c(C)nn(CCC#N)c1C. The summed E-state index contributed by atoms with van der Waals surface area (Å²) >= 11 is 0. The van der Waals surface area contributed by atoms with E-state index in [1.165, 1.54) is 0 Å². The van der Waals surface area contributed by atoms with Gasteiger partial charge < -0.3 is 10.6 Å². The first-order chi connectivity index (χ1) is 13.7. The number of aromatic nitrogens is 2. The van der Waals surface area contributed by atoms with Gasteiger partial charge >= 0.3 is 0 Å². The Morgan fingerprint density at radius 3 is 2.59 bits per heavy atom. The molecule has 0 aliphatic rings. The molecule has 0 atom stereocenters. The van der Waals surface area contributed by atoms with Crippen molar-refractivity contribution < 1.29 is 9.59 Å². The summed E-state index contributed by atoms with van der Waals surface area (Å²) in [4.78, 5) is 24.4. The Morgan fingerprint density at radius 2 is 1.93 bits per heavy atom. The Bertz CT molecular complexity index is 937. The van der Waals surface area contributed by atoms with Crippen molar-refractivity contribution >= 4 is 23.2 Å². The quantitative estimate of drug-likeness (QED) is 0.708. The lowest BCUT2D eigenvalue weighted by atomic mass is 10.1. The highest BCUT2D eigenvalue weighted by molar-refractivity contribution is 5.95. The number of anilines is 2. The molecule has 0 saturated carbocycles. The molecule has 154 valence electrons. The van der Waals surface area contributed by atoms with Crippen LogP contribution in [-0.2, 0) is 22.6 Å². The summed E-state index contributed by atoms with van der Waals surface area (Å²) in [5.41, 5.74) is 5.22. The molecule has 0 bridgehead atoms. The van der Waals surface area contributed by atoms with Gasteiger partial charge in [0.05, 0.1) is 24.7 Å². The molecule has 0 spiro atoms. The van der Waals surface area contributed by atoms with E-state index in [-0.39, 0.29) is 17.7 Å². The number of nitrogens with zero attached hydrogens (tertiary/aromatic N) is 3. The predicted octanol–water partition coefficient (Wildman–Crippen LogP) is 3.89. The number of nitriles is 1. The van der Waals surface area contributed by atoms with Crippen molar-refractivity contribution in [2.75, 3.05) is 10.6 Å². The van der Waals surface area contributed by atoms with Crippen LogP contribution in [0.5, 0.6) is 0 Å². The molecule has 0 aliphatic heterocycles. The topological polar surface area (TPSA) is 99.8 Å². The fraction of sp³-hybridized carbons (Fsp3) is 0.455. The van der Waals surface area contributed by atoms with E-state index in [1.54, 1.807) is 6.07 Å². The molecule has 0 radical (unpaired) electrons. The lowest BCUT2D eigenvalue weighted by Crippen LogP contribution is -2.18. The largest absolute Gasteiger partial charge is 0.326 e. The van der Waals surface area contributed by atoms with E-state index in [0.717, 1.165) is 22.5 Å². The van der Waals surface area contributed by atoms with Gasteiger partial charge in [-0.25, -0.2) is 0 Å². The zero-order valence-corrected chi connectivity index (χ0v) is 17.8. The number of carbonyl (C=O) groups is 2. The summed E-state index contributed by atoms with van der Waals surface area (Å²) in [6.07, 6.45) is 1.32. The van der Waals surface area contributed by atoms with Gasteiger partial charge in [0.25, 0.3) is 0 Å². The Balaban J connectivity index is 2.02. The third-order valence-corrected chi connectivity index (χ3v) is 4.87. The number of benzene rings is 1. The summed E-state index contributed by atoms with van der Waals surface area (Å²) < 4.78 is 1.83. The lowest BCUT2D eigenvalue weighted by Gasteiger charge is -2.13. The number of nitrogens with one attached hydrogen (secondary N) is 2.